The van der Waals surface area contributed by atoms with Crippen molar-refractivity contribution in [3.63, 3.8) is 0 Å². The van der Waals surface area contributed by atoms with E-state index in [2.05, 4.69) is 0 Å². The Kier molecular flexibility index (Phi) is 2.83. The molecule has 1 aromatic carbocycles. The van der Waals surface area contributed by atoms with Crippen molar-refractivity contribution in [3.05, 3.63) is 29.8 Å². The lowest BCUT2D eigenvalue weighted by atomic mass is 9.81. The molecule has 96 valence electrons. The SMILES string of the molecule is N#Cc1ccc(N2C(=O)[C@@H]3CCCC[C@H]3C2=O)cc1. The quantitative estimate of drug-likeness (QED) is 0.722. The molecule has 4 heteroatoms. The van der Waals surface area contributed by atoms with Gasteiger partial charge in [0.2, 0.25) is 11.8 Å². The second kappa shape index (κ2) is 4.51. The van der Waals surface area contributed by atoms with Crippen molar-refractivity contribution >= 4 is 17.5 Å². The first-order valence-electron chi connectivity index (χ1n) is 6.60. The van der Waals surface area contributed by atoms with E-state index in [1.54, 1.807) is 24.3 Å². The maximum absolute atomic E-state index is 12.3. The lowest BCUT2D eigenvalue weighted by Gasteiger charge is -2.19. The highest BCUT2D eigenvalue weighted by Crippen LogP contribution is 2.39. The van der Waals surface area contributed by atoms with E-state index in [0.29, 0.717) is 11.3 Å². The third-order valence-corrected chi connectivity index (χ3v) is 4.10. The van der Waals surface area contributed by atoms with Crippen LogP contribution in [-0.4, -0.2) is 11.8 Å². The first-order valence-corrected chi connectivity index (χ1v) is 6.60. The Morgan fingerprint density at radius 3 is 2.00 bits per heavy atom. The molecule has 0 radical (unpaired) electrons. The van der Waals surface area contributed by atoms with E-state index in [-0.39, 0.29) is 23.7 Å². The van der Waals surface area contributed by atoms with Crippen LogP contribution in [0.3, 0.4) is 0 Å². The van der Waals surface area contributed by atoms with Gasteiger partial charge in [0, 0.05) is 0 Å². The number of imide groups is 1. The fourth-order valence-electron chi connectivity index (χ4n) is 3.10. The standard InChI is InChI=1S/C15H14N2O2/c16-9-10-5-7-11(8-6-10)17-14(18)12-3-1-2-4-13(12)15(17)19/h5-8,12-13H,1-4H2/t12-,13-/m1/s1. The molecule has 2 amide bonds. The lowest BCUT2D eigenvalue weighted by Crippen LogP contribution is -2.30. The van der Waals surface area contributed by atoms with Gasteiger partial charge in [0.05, 0.1) is 29.2 Å². The topological polar surface area (TPSA) is 61.2 Å². The summed E-state index contributed by atoms with van der Waals surface area (Å²) < 4.78 is 0. The van der Waals surface area contributed by atoms with Crippen molar-refractivity contribution in [2.24, 2.45) is 11.8 Å². The molecule has 2 atom stereocenters. The van der Waals surface area contributed by atoms with Gasteiger partial charge < -0.3 is 0 Å². The van der Waals surface area contributed by atoms with E-state index in [1.807, 2.05) is 6.07 Å². The van der Waals surface area contributed by atoms with Crippen LogP contribution in [0.4, 0.5) is 5.69 Å². The number of amides is 2. The van der Waals surface area contributed by atoms with Crippen molar-refractivity contribution in [1.29, 1.82) is 5.26 Å². The number of hydrogen-bond donors (Lipinski definition) is 0. The number of anilines is 1. The normalized spacial score (nSPS) is 26.2. The molecule has 1 aliphatic heterocycles. The highest BCUT2D eigenvalue weighted by molar-refractivity contribution is 6.22. The number of benzene rings is 1. The smallest absolute Gasteiger partial charge is 0.237 e. The zero-order valence-corrected chi connectivity index (χ0v) is 10.5. The highest BCUT2D eigenvalue weighted by atomic mass is 16.2. The summed E-state index contributed by atoms with van der Waals surface area (Å²) in [6, 6.07) is 8.65. The number of nitrogens with zero attached hydrogens (tertiary/aromatic N) is 2. The van der Waals surface area contributed by atoms with E-state index in [9.17, 15) is 9.59 Å². The maximum atomic E-state index is 12.3. The highest BCUT2D eigenvalue weighted by Gasteiger charge is 2.48. The molecular weight excluding hydrogens is 240 g/mol. The van der Waals surface area contributed by atoms with Crippen LogP contribution in [0.2, 0.25) is 0 Å². The number of carbonyl (C=O) groups is 2. The van der Waals surface area contributed by atoms with Crippen LogP contribution in [0.25, 0.3) is 0 Å². The van der Waals surface area contributed by atoms with Crippen LogP contribution in [-0.2, 0) is 9.59 Å². The molecule has 0 bridgehead atoms. The molecule has 1 saturated carbocycles. The third-order valence-electron chi connectivity index (χ3n) is 4.10. The van der Waals surface area contributed by atoms with Gasteiger partial charge in [-0.3, -0.25) is 14.5 Å². The molecular formula is C15H14N2O2. The molecule has 1 heterocycles. The number of fused-ring (bicyclic) bond motifs is 1. The first-order chi connectivity index (χ1) is 9.22. The molecule has 4 nitrogen and oxygen atoms in total. The van der Waals surface area contributed by atoms with Crippen molar-refractivity contribution in [3.8, 4) is 6.07 Å². The van der Waals surface area contributed by atoms with Crippen molar-refractivity contribution in [2.75, 3.05) is 4.90 Å². The Bertz CT molecular complexity index is 547. The van der Waals surface area contributed by atoms with Crippen LogP contribution >= 0.6 is 0 Å². The van der Waals surface area contributed by atoms with E-state index in [4.69, 9.17) is 5.26 Å². The minimum atomic E-state index is -0.128. The summed E-state index contributed by atoms with van der Waals surface area (Å²) in [5.74, 6) is -0.396. The minimum Gasteiger partial charge on any atom is -0.274 e. The summed E-state index contributed by atoms with van der Waals surface area (Å²) in [5.41, 5.74) is 1.11. The Balaban J connectivity index is 1.93. The van der Waals surface area contributed by atoms with Crippen LogP contribution in [0.1, 0.15) is 31.2 Å². The molecule has 2 aliphatic rings. The van der Waals surface area contributed by atoms with Gasteiger partial charge in [0.15, 0.2) is 0 Å². The fraction of sp³-hybridized carbons (Fsp3) is 0.400. The van der Waals surface area contributed by atoms with Gasteiger partial charge in [0.25, 0.3) is 0 Å². The largest absolute Gasteiger partial charge is 0.274 e. The van der Waals surface area contributed by atoms with Gasteiger partial charge in [-0.25, -0.2) is 0 Å². The lowest BCUT2D eigenvalue weighted by molar-refractivity contribution is -0.122. The predicted molar refractivity (Wildman–Crippen MR) is 69.1 cm³/mol. The molecule has 1 saturated heterocycles. The van der Waals surface area contributed by atoms with Gasteiger partial charge >= 0.3 is 0 Å². The average molecular weight is 254 g/mol. The Morgan fingerprint density at radius 2 is 1.53 bits per heavy atom. The summed E-state index contributed by atoms with van der Waals surface area (Å²) in [4.78, 5) is 26.0. The molecule has 0 spiro atoms. The van der Waals surface area contributed by atoms with Crippen LogP contribution in [0, 0.1) is 23.2 Å². The number of hydrogen-bond acceptors (Lipinski definition) is 3. The molecule has 19 heavy (non-hydrogen) atoms. The van der Waals surface area contributed by atoms with Gasteiger partial charge in [-0.2, -0.15) is 5.26 Å². The van der Waals surface area contributed by atoms with E-state index in [0.717, 1.165) is 25.7 Å². The van der Waals surface area contributed by atoms with Crippen molar-refractivity contribution < 1.29 is 9.59 Å². The van der Waals surface area contributed by atoms with Gasteiger partial charge in [-0.15, -0.1) is 0 Å². The number of nitriles is 1. The minimum absolute atomic E-state index is 0.0700. The van der Waals surface area contributed by atoms with Crippen molar-refractivity contribution in [1.82, 2.24) is 0 Å². The van der Waals surface area contributed by atoms with Gasteiger partial charge in [-0.1, -0.05) is 12.8 Å². The zero-order valence-electron chi connectivity index (χ0n) is 10.5. The van der Waals surface area contributed by atoms with E-state index < -0.39 is 0 Å². The van der Waals surface area contributed by atoms with Crippen LogP contribution in [0.15, 0.2) is 24.3 Å². The summed E-state index contributed by atoms with van der Waals surface area (Å²) >= 11 is 0. The Hall–Kier alpha value is -2.15. The summed E-state index contributed by atoms with van der Waals surface area (Å²) in [5, 5.41) is 8.77. The summed E-state index contributed by atoms with van der Waals surface area (Å²) in [6.07, 6.45) is 3.70. The van der Waals surface area contributed by atoms with E-state index >= 15 is 0 Å². The fourth-order valence-corrected chi connectivity index (χ4v) is 3.10. The average Bonchev–Trinajstić information content (AvgIpc) is 2.72. The number of rotatable bonds is 1. The maximum Gasteiger partial charge on any atom is 0.237 e. The molecule has 0 unspecified atom stereocenters. The Morgan fingerprint density at radius 1 is 1.00 bits per heavy atom. The van der Waals surface area contributed by atoms with Crippen LogP contribution in [0.5, 0.6) is 0 Å². The second-order valence-corrected chi connectivity index (χ2v) is 5.17. The molecule has 3 rings (SSSR count). The predicted octanol–water partition coefficient (Wildman–Crippen LogP) is 2.24. The molecule has 1 aromatic rings. The van der Waals surface area contributed by atoms with Gasteiger partial charge in [-0.05, 0) is 37.1 Å². The molecule has 2 fully saturated rings. The number of carbonyl (C=O) groups excluding carboxylic acids is 2. The Labute approximate surface area is 111 Å². The second-order valence-electron chi connectivity index (χ2n) is 5.17. The molecule has 0 aromatic heterocycles. The molecule has 0 N–H and O–H groups in total. The van der Waals surface area contributed by atoms with E-state index in [1.165, 1.54) is 4.90 Å². The summed E-state index contributed by atoms with van der Waals surface area (Å²) in [6.45, 7) is 0. The molecule has 1 aliphatic carbocycles. The van der Waals surface area contributed by atoms with Crippen LogP contribution < -0.4 is 4.90 Å². The third kappa shape index (κ3) is 1.82. The summed E-state index contributed by atoms with van der Waals surface area (Å²) in [7, 11) is 0. The monoisotopic (exact) mass is 254 g/mol. The van der Waals surface area contributed by atoms with Gasteiger partial charge in [0.1, 0.15) is 0 Å². The first kappa shape index (κ1) is 11.9. The van der Waals surface area contributed by atoms with Crippen molar-refractivity contribution in [2.45, 2.75) is 25.7 Å². The zero-order chi connectivity index (χ0) is 13.4.